The van der Waals surface area contributed by atoms with Crippen LogP contribution in [0.15, 0.2) is 54.6 Å². The third-order valence-corrected chi connectivity index (χ3v) is 4.43. The van der Waals surface area contributed by atoms with Crippen molar-refractivity contribution in [2.24, 2.45) is 5.73 Å². The molecule has 0 radical (unpaired) electrons. The first kappa shape index (κ1) is 13.8. The Balaban J connectivity index is 1.77. The summed E-state index contributed by atoms with van der Waals surface area (Å²) in [5.74, 6) is 0.106. The van der Waals surface area contributed by atoms with Crippen LogP contribution in [0.25, 0.3) is 10.9 Å². The first-order valence-electron chi connectivity index (χ1n) is 7.76. The second kappa shape index (κ2) is 5.39. The standard InChI is InChI=1S/C19H17N3O/c20-18(23)15-11-13-6-2-4-8-16(13)21-19(15)22-17-10-9-12-5-1-3-7-14(12)17/h1-8,11,17H,9-10H2,(H2,20,23)(H,21,22)/t17-/m1/s1. The van der Waals surface area contributed by atoms with E-state index in [0.29, 0.717) is 11.4 Å². The number of aryl methyl sites for hydroxylation is 1. The average molecular weight is 303 g/mol. The van der Waals surface area contributed by atoms with E-state index >= 15 is 0 Å². The highest BCUT2D eigenvalue weighted by atomic mass is 16.1. The van der Waals surface area contributed by atoms with Gasteiger partial charge in [0.25, 0.3) is 5.91 Å². The summed E-state index contributed by atoms with van der Waals surface area (Å²) in [5.41, 5.74) is 9.48. The summed E-state index contributed by atoms with van der Waals surface area (Å²) in [5, 5.41) is 4.34. The van der Waals surface area contributed by atoms with Crippen molar-refractivity contribution in [2.45, 2.75) is 18.9 Å². The number of nitrogens with zero attached hydrogens (tertiary/aromatic N) is 1. The molecule has 0 fully saturated rings. The summed E-state index contributed by atoms with van der Waals surface area (Å²) in [4.78, 5) is 16.4. The second-order valence-electron chi connectivity index (χ2n) is 5.88. The van der Waals surface area contributed by atoms with Crippen molar-refractivity contribution < 1.29 is 4.79 Å². The minimum Gasteiger partial charge on any atom is -0.365 e. The number of carbonyl (C=O) groups excluding carboxylic acids is 1. The average Bonchev–Trinajstić information content (AvgIpc) is 2.97. The highest BCUT2D eigenvalue weighted by Crippen LogP contribution is 2.34. The van der Waals surface area contributed by atoms with Crippen LogP contribution in [-0.4, -0.2) is 10.9 Å². The van der Waals surface area contributed by atoms with Crippen LogP contribution in [0.4, 0.5) is 5.82 Å². The van der Waals surface area contributed by atoms with Gasteiger partial charge in [-0.2, -0.15) is 0 Å². The van der Waals surface area contributed by atoms with E-state index in [4.69, 9.17) is 5.73 Å². The molecule has 3 aromatic rings. The molecule has 0 bridgehead atoms. The Morgan fingerprint density at radius 3 is 2.78 bits per heavy atom. The fourth-order valence-electron chi connectivity index (χ4n) is 3.29. The summed E-state index contributed by atoms with van der Waals surface area (Å²) in [6, 6.07) is 18.1. The molecular formula is C19H17N3O. The third kappa shape index (κ3) is 2.42. The number of nitrogens with one attached hydrogen (secondary N) is 1. The minimum atomic E-state index is -0.461. The maximum Gasteiger partial charge on any atom is 0.252 e. The molecule has 0 unspecified atom stereocenters. The number of nitrogens with two attached hydrogens (primary N) is 1. The number of hydrogen-bond donors (Lipinski definition) is 2. The number of anilines is 1. The maximum atomic E-state index is 11.8. The molecule has 1 amide bonds. The molecule has 4 rings (SSSR count). The van der Waals surface area contributed by atoms with E-state index in [1.165, 1.54) is 11.1 Å². The fraction of sp³-hybridized carbons (Fsp3) is 0.158. The largest absolute Gasteiger partial charge is 0.365 e. The predicted molar refractivity (Wildman–Crippen MR) is 91.4 cm³/mol. The van der Waals surface area contributed by atoms with E-state index < -0.39 is 5.91 Å². The van der Waals surface area contributed by atoms with Crippen LogP contribution in [0.2, 0.25) is 0 Å². The Hall–Kier alpha value is -2.88. The van der Waals surface area contributed by atoms with Crippen molar-refractivity contribution in [3.8, 4) is 0 Å². The Morgan fingerprint density at radius 1 is 1.13 bits per heavy atom. The summed E-state index contributed by atoms with van der Waals surface area (Å²) in [6.07, 6.45) is 2.03. The van der Waals surface area contributed by atoms with Crippen LogP contribution in [0.3, 0.4) is 0 Å². The van der Waals surface area contributed by atoms with Crippen molar-refractivity contribution in [1.29, 1.82) is 0 Å². The van der Waals surface area contributed by atoms with Crippen LogP contribution in [0, 0.1) is 0 Å². The Morgan fingerprint density at radius 2 is 1.91 bits per heavy atom. The molecule has 0 saturated heterocycles. The number of fused-ring (bicyclic) bond motifs is 2. The summed E-state index contributed by atoms with van der Waals surface area (Å²) in [6.45, 7) is 0. The van der Waals surface area contributed by atoms with Crippen molar-refractivity contribution in [2.75, 3.05) is 5.32 Å². The van der Waals surface area contributed by atoms with Gasteiger partial charge in [0.2, 0.25) is 0 Å². The summed E-state index contributed by atoms with van der Waals surface area (Å²) in [7, 11) is 0. The lowest BCUT2D eigenvalue weighted by Gasteiger charge is -2.17. The monoisotopic (exact) mass is 303 g/mol. The van der Waals surface area contributed by atoms with E-state index in [9.17, 15) is 4.79 Å². The lowest BCUT2D eigenvalue weighted by molar-refractivity contribution is 0.100. The van der Waals surface area contributed by atoms with Gasteiger partial charge < -0.3 is 11.1 Å². The number of rotatable bonds is 3. The molecule has 1 aromatic heterocycles. The zero-order valence-corrected chi connectivity index (χ0v) is 12.6. The van der Waals surface area contributed by atoms with Crippen LogP contribution in [0.5, 0.6) is 0 Å². The lowest BCUT2D eigenvalue weighted by atomic mass is 10.1. The van der Waals surface area contributed by atoms with Gasteiger partial charge in [-0.05, 0) is 36.1 Å². The number of para-hydroxylation sites is 1. The molecular weight excluding hydrogens is 286 g/mol. The molecule has 1 aliphatic carbocycles. The zero-order chi connectivity index (χ0) is 15.8. The molecule has 1 aliphatic rings. The third-order valence-electron chi connectivity index (χ3n) is 4.43. The highest BCUT2D eigenvalue weighted by Gasteiger charge is 2.23. The zero-order valence-electron chi connectivity index (χ0n) is 12.6. The van der Waals surface area contributed by atoms with Crippen molar-refractivity contribution >= 4 is 22.6 Å². The number of benzene rings is 2. The van der Waals surface area contributed by atoms with E-state index in [2.05, 4.69) is 28.5 Å². The first-order chi connectivity index (χ1) is 11.2. The maximum absolute atomic E-state index is 11.8. The second-order valence-corrected chi connectivity index (χ2v) is 5.88. The molecule has 23 heavy (non-hydrogen) atoms. The van der Waals surface area contributed by atoms with Gasteiger partial charge in [0.1, 0.15) is 5.82 Å². The van der Waals surface area contributed by atoms with Crippen LogP contribution in [0.1, 0.15) is 33.9 Å². The van der Waals surface area contributed by atoms with Gasteiger partial charge in [0.05, 0.1) is 17.1 Å². The smallest absolute Gasteiger partial charge is 0.252 e. The molecule has 1 atom stereocenters. The SMILES string of the molecule is NC(=O)c1cc2ccccc2nc1N[C@@H]1CCc2ccccc21. The molecule has 0 saturated carbocycles. The van der Waals surface area contributed by atoms with Gasteiger partial charge in [-0.25, -0.2) is 4.98 Å². The minimum absolute atomic E-state index is 0.165. The molecule has 4 heteroatoms. The van der Waals surface area contributed by atoms with Crippen LogP contribution >= 0.6 is 0 Å². The lowest BCUT2D eigenvalue weighted by Crippen LogP contribution is -2.17. The summed E-state index contributed by atoms with van der Waals surface area (Å²) < 4.78 is 0. The van der Waals surface area contributed by atoms with Gasteiger partial charge >= 0.3 is 0 Å². The van der Waals surface area contributed by atoms with E-state index in [0.717, 1.165) is 23.7 Å². The van der Waals surface area contributed by atoms with E-state index in [1.807, 2.05) is 36.4 Å². The van der Waals surface area contributed by atoms with Gasteiger partial charge in [0, 0.05) is 5.39 Å². The van der Waals surface area contributed by atoms with Gasteiger partial charge in [-0.1, -0.05) is 42.5 Å². The number of amides is 1. The van der Waals surface area contributed by atoms with E-state index in [1.54, 1.807) is 0 Å². The van der Waals surface area contributed by atoms with Crippen molar-refractivity contribution in [3.63, 3.8) is 0 Å². The Bertz CT molecular complexity index is 904. The molecule has 114 valence electrons. The molecule has 0 spiro atoms. The number of primary amides is 1. The number of carbonyl (C=O) groups is 1. The van der Waals surface area contributed by atoms with Gasteiger partial charge in [0.15, 0.2) is 0 Å². The Kier molecular flexibility index (Phi) is 3.23. The van der Waals surface area contributed by atoms with Crippen LogP contribution in [-0.2, 0) is 6.42 Å². The topological polar surface area (TPSA) is 68.0 Å². The molecule has 3 N–H and O–H groups in total. The Labute approximate surface area is 134 Å². The van der Waals surface area contributed by atoms with Gasteiger partial charge in [-0.3, -0.25) is 4.79 Å². The summed E-state index contributed by atoms with van der Waals surface area (Å²) >= 11 is 0. The molecule has 1 heterocycles. The van der Waals surface area contributed by atoms with Crippen molar-refractivity contribution in [3.05, 3.63) is 71.3 Å². The van der Waals surface area contributed by atoms with Crippen molar-refractivity contribution in [1.82, 2.24) is 4.98 Å². The first-order valence-corrected chi connectivity index (χ1v) is 7.76. The molecule has 2 aromatic carbocycles. The highest BCUT2D eigenvalue weighted by molar-refractivity contribution is 6.01. The normalized spacial score (nSPS) is 16.3. The predicted octanol–water partition coefficient (Wildman–Crippen LogP) is 3.43. The number of pyridine rings is 1. The fourth-order valence-corrected chi connectivity index (χ4v) is 3.29. The molecule has 4 nitrogen and oxygen atoms in total. The molecule has 0 aliphatic heterocycles. The quantitative estimate of drug-likeness (QED) is 0.779. The van der Waals surface area contributed by atoms with E-state index in [-0.39, 0.29) is 6.04 Å². The van der Waals surface area contributed by atoms with Crippen LogP contribution < -0.4 is 11.1 Å². The van der Waals surface area contributed by atoms with Gasteiger partial charge in [-0.15, -0.1) is 0 Å². The number of aromatic nitrogens is 1. The number of hydrogen-bond acceptors (Lipinski definition) is 3.